The quantitative estimate of drug-likeness (QED) is 0.803. The molecule has 0 aromatic heterocycles. The van der Waals surface area contributed by atoms with Crippen molar-refractivity contribution in [1.82, 2.24) is 9.80 Å². The largest absolute Gasteiger partial charge is 0.333 e. The molecular formula is C15H16N4O3. The average molecular weight is 300 g/mol. The molecule has 1 heterocycles. The topological polar surface area (TPSA) is 93.5 Å². The van der Waals surface area contributed by atoms with Crippen LogP contribution in [0.5, 0.6) is 0 Å². The molecule has 0 saturated carbocycles. The van der Waals surface area contributed by atoms with Crippen molar-refractivity contribution in [2.24, 2.45) is 0 Å². The summed E-state index contributed by atoms with van der Waals surface area (Å²) in [5, 5.41) is 11.3. The number of piperazine rings is 1. The minimum Gasteiger partial charge on any atom is -0.333 e. The van der Waals surface area contributed by atoms with Gasteiger partial charge in [-0.2, -0.15) is 5.26 Å². The van der Waals surface area contributed by atoms with Gasteiger partial charge in [-0.3, -0.25) is 14.4 Å². The first-order valence-electron chi connectivity index (χ1n) is 6.93. The van der Waals surface area contributed by atoms with Crippen molar-refractivity contribution in [1.29, 1.82) is 5.26 Å². The molecule has 0 spiro atoms. The van der Waals surface area contributed by atoms with Crippen LogP contribution >= 0.6 is 0 Å². The Balaban J connectivity index is 1.93. The van der Waals surface area contributed by atoms with Crippen molar-refractivity contribution in [3.8, 4) is 6.07 Å². The Bertz CT molecular complexity index is 633. The monoisotopic (exact) mass is 300 g/mol. The van der Waals surface area contributed by atoms with Crippen molar-refractivity contribution < 1.29 is 14.4 Å². The molecule has 1 saturated heterocycles. The Morgan fingerprint density at radius 1 is 1.18 bits per heavy atom. The Labute approximate surface area is 128 Å². The summed E-state index contributed by atoms with van der Waals surface area (Å²) in [6.45, 7) is 2.90. The predicted molar refractivity (Wildman–Crippen MR) is 78.6 cm³/mol. The van der Waals surface area contributed by atoms with Gasteiger partial charge in [0.25, 0.3) is 0 Å². The fourth-order valence-corrected chi connectivity index (χ4v) is 2.17. The number of benzene rings is 1. The molecule has 1 fully saturated rings. The Hall–Kier alpha value is -2.88. The normalized spacial score (nSPS) is 14.7. The summed E-state index contributed by atoms with van der Waals surface area (Å²) in [4.78, 5) is 38.3. The van der Waals surface area contributed by atoms with Crippen molar-refractivity contribution in [3.63, 3.8) is 0 Å². The van der Waals surface area contributed by atoms with Crippen LogP contribution < -0.4 is 5.32 Å². The number of carbonyl (C=O) groups excluding carboxylic acids is 3. The van der Waals surface area contributed by atoms with Crippen molar-refractivity contribution >= 4 is 23.4 Å². The number of carbonyl (C=O) groups is 3. The molecule has 0 bridgehead atoms. The van der Waals surface area contributed by atoms with Crippen molar-refractivity contribution in [2.45, 2.75) is 6.92 Å². The van der Waals surface area contributed by atoms with E-state index in [9.17, 15) is 14.4 Å². The molecule has 1 aromatic rings. The molecule has 2 rings (SSSR count). The van der Waals surface area contributed by atoms with Gasteiger partial charge in [0, 0.05) is 25.3 Å². The molecular weight excluding hydrogens is 284 g/mol. The number of anilines is 1. The summed E-state index contributed by atoms with van der Waals surface area (Å²) in [5.41, 5.74) is 1.03. The van der Waals surface area contributed by atoms with Crippen molar-refractivity contribution in [2.75, 3.05) is 31.5 Å². The van der Waals surface area contributed by atoms with Crippen LogP contribution in [0.3, 0.4) is 0 Å². The van der Waals surface area contributed by atoms with E-state index in [4.69, 9.17) is 5.26 Å². The second-order valence-electron chi connectivity index (χ2n) is 4.85. The highest BCUT2D eigenvalue weighted by molar-refractivity contribution is 6.35. The lowest BCUT2D eigenvalue weighted by molar-refractivity contribution is -0.156. The minimum absolute atomic E-state index is 0.165. The Kier molecular flexibility index (Phi) is 4.73. The molecule has 1 N–H and O–H groups in total. The third-order valence-electron chi connectivity index (χ3n) is 3.41. The van der Waals surface area contributed by atoms with Crippen LogP contribution in [0, 0.1) is 11.3 Å². The van der Waals surface area contributed by atoms with E-state index < -0.39 is 11.8 Å². The van der Waals surface area contributed by atoms with E-state index in [1.807, 2.05) is 6.07 Å². The van der Waals surface area contributed by atoms with E-state index in [1.54, 1.807) is 31.2 Å². The van der Waals surface area contributed by atoms with Gasteiger partial charge in [0.05, 0.1) is 11.6 Å². The maximum absolute atomic E-state index is 11.9. The van der Waals surface area contributed by atoms with Crippen LogP contribution in [0.2, 0.25) is 0 Å². The van der Waals surface area contributed by atoms with Gasteiger partial charge in [0.2, 0.25) is 5.91 Å². The molecule has 7 heteroatoms. The molecule has 22 heavy (non-hydrogen) atoms. The zero-order valence-electron chi connectivity index (χ0n) is 12.2. The highest BCUT2D eigenvalue weighted by Crippen LogP contribution is 2.10. The zero-order chi connectivity index (χ0) is 16.1. The van der Waals surface area contributed by atoms with E-state index in [0.29, 0.717) is 30.9 Å². The molecule has 3 amide bonds. The number of hydrogen-bond acceptors (Lipinski definition) is 4. The minimum atomic E-state index is -0.650. The van der Waals surface area contributed by atoms with Gasteiger partial charge in [-0.25, -0.2) is 0 Å². The molecule has 0 atom stereocenters. The summed E-state index contributed by atoms with van der Waals surface area (Å²) < 4.78 is 0. The van der Waals surface area contributed by atoms with Crippen LogP contribution in [0.4, 0.5) is 5.69 Å². The van der Waals surface area contributed by atoms with E-state index in [2.05, 4.69) is 5.32 Å². The smallest absolute Gasteiger partial charge is 0.312 e. The molecule has 1 aliphatic rings. The van der Waals surface area contributed by atoms with Gasteiger partial charge in [-0.1, -0.05) is 0 Å². The first kappa shape index (κ1) is 15.5. The molecule has 114 valence electrons. The number of hydrogen-bond donors (Lipinski definition) is 1. The third kappa shape index (κ3) is 3.41. The summed E-state index contributed by atoms with van der Waals surface area (Å²) >= 11 is 0. The van der Waals surface area contributed by atoms with E-state index in [1.165, 1.54) is 9.80 Å². The van der Waals surface area contributed by atoms with Crippen LogP contribution in [0.15, 0.2) is 24.3 Å². The SMILES string of the molecule is CCN1CCN(CC(=O)Nc2ccc(C#N)cc2)C(=O)C1=O. The predicted octanol–water partition coefficient (Wildman–Crippen LogP) is 0.187. The first-order valence-corrected chi connectivity index (χ1v) is 6.93. The highest BCUT2D eigenvalue weighted by atomic mass is 16.2. The molecule has 7 nitrogen and oxygen atoms in total. The summed E-state index contributed by atoms with van der Waals surface area (Å²) in [5.74, 6) is -1.60. The van der Waals surface area contributed by atoms with Gasteiger partial charge in [-0.15, -0.1) is 0 Å². The summed E-state index contributed by atoms with van der Waals surface area (Å²) in [7, 11) is 0. The van der Waals surface area contributed by atoms with Gasteiger partial charge in [0.15, 0.2) is 0 Å². The van der Waals surface area contributed by atoms with Crippen molar-refractivity contribution in [3.05, 3.63) is 29.8 Å². The highest BCUT2D eigenvalue weighted by Gasteiger charge is 2.32. The number of likely N-dealkylation sites (N-methyl/N-ethyl adjacent to an activating group) is 1. The van der Waals surface area contributed by atoms with Crippen LogP contribution in [0.25, 0.3) is 0 Å². The summed E-state index contributed by atoms with van der Waals surface area (Å²) in [6.07, 6.45) is 0. The standard InChI is InChI=1S/C15H16N4O3/c1-2-18-7-8-19(15(22)14(18)21)10-13(20)17-12-5-3-11(9-16)4-6-12/h3-6H,2,7-8,10H2,1H3,(H,17,20). The van der Waals surface area contributed by atoms with E-state index >= 15 is 0 Å². The molecule has 0 radical (unpaired) electrons. The fourth-order valence-electron chi connectivity index (χ4n) is 2.17. The van der Waals surface area contributed by atoms with E-state index in [0.717, 1.165) is 0 Å². The number of nitrogens with zero attached hydrogens (tertiary/aromatic N) is 3. The Morgan fingerprint density at radius 3 is 2.36 bits per heavy atom. The number of nitriles is 1. The third-order valence-corrected chi connectivity index (χ3v) is 3.41. The van der Waals surface area contributed by atoms with Gasteiger partial charge in [0.1, 0.15) is 6.54 Å². The molecule has 1 aliphatic heterocycles. The van der Waals surface area contributed by atoms with Crippen LogP contribution in [-0.2, 0) is 14.4 Å². The second kappa shape index (κ2) is 6.72. The van der Waals surface area contributed by atoms with Gasteiger partial charge >= 0.3 is 11.8 Å². The maximum Gasteiger partial charge on any atom is 0.312 e. The number of nitrogens with one attached hydrogen (secondary N) is 1. The second-order valence-corrected chi connectivity index (χ2v) is 4.85. The molecule has 0 unspecified atom stereocenters. The number of amides is 3. The van der Waals surface area contributed by atoms with Crippen LogP contribution in [0.1, 0.15) is 12.5 Å². The summed E-state index contributed by atoms with van der Waals surface area (Å²) in [6, 6.07) is 8.38. The maximum atomic E-state index is 11.9. The Morgan fingerprint density at radius 2 is 1.77 bits per heavy atom. The lowest BCUT2D eigenvalue weighted by atomic mass is 10.2. The lowest BCUT2D eigenvalue weighted by Gasteiger charge is -2.32. The fraction of sp³-hybridized carbons (Fsp3) is 0.333. The molecule has 1 aromatic carbocycles. The lowest BCUT2D eigenvalue weighted by Crippen LogP contribution is -2.55. The number of rotatable bonds is 4. The van der Waals surface area contributed by atoms with Crippen LogP contribution in [-0.4, -0.2) is 53.7 Å². The van der Waals surface area contributed by atoms with Gasteiger partial charge in [-0.05, 0) is 31.2 Å². The van der Waals surface area contributed by atoms with E-state index in [-0.39, 0.29) is 12.5 Å². The first-order chi connectivity index (χ1) is 10.5. The van der Waals surface area contributed by atoms with Gasteiger partial charge < -0.3 is 15.1 Å². The zero-order valence-corrected chi connectivity index (χ0v) is 12.2. The average Bonchev–Trinajstić information content (AvgIpc) is 2.53. The molecule has 0 aliphatic carbocycles.